The number of aliphatic hydroxyl groups excluding tert-OH is 1. The van der Waals surface area contributed by atoms with Gasteiger partial charge in [0.15, 0.2) is 0 Å². The molecule has 1 aromatic rings. The lowest BCUT2D eigenvalue weighted by Gasteiger charge is -2.38. The number of carbonyl (C=O) groups is 1. The molecule has 0 unspecified atom stereocenters. The van der Waals surface area contributed by atoms with Crippen molar-refractivity contribution in [3.63, 3.8) is 0 Å². The van der Waals surface area contributed by atoms with Gasteiger partial charge in [-0.2, -0.15) is 0 Å². The van der Waals surface area contributed by atoms with E-state index in [0.29, 0.717) is 24.6 Å². The fraction of sp³-hybridized carbons (Fsp3) is 0.562. The second-order valence-electron chi connectivity index (χ2n) is 6.17. The predicted octanol–water partition coefficient (Wildman–Crippen LogP) is 1.02. The van der Waals surface area contributed by atoms with Gasteiger partial charge in [0.05, 0.1) is 0 Å². The third kappa shape index (κ3) is 4.19. The van der Waals surface area contributed by atoms with E-state index in [1.165, 1.54) is 12.1 Å². The second-order valence-corrected chi connectivity index (χ2v) is 6.17. The fourth-order valence-electron chi connectivity index (χ4n) is 3.05. The van der Waals surface area contributed by atoms with Crippen LogP contribution < -0.4 is 0 Å². The molecule has 21 heavy (non-hydrogen) atoms. The van der Waals surface area contributed by atoms with Crippen LogP contribution in [-0.2, 0) is 0 Å². The van der Waals surface area contributed by atoms with E-state index < -0.39 is 0 Å². The highest BCUT2D eigenvalue weighted by Crippen LogP contribution is 2.24. The lowest BCUT2D eigenvalue weighted by atomic mass is 9.89. The molecule has 0 saturated carbocycles. The van der Waals surface area contributed by atoms with E-state index in [9.17, 15) is 15.0 Å². The predicted molar refractivity (Wildman–Crippen MR) is 81.2 cm³/mol. The number of carbonyl (C=O) groups excluding carboxylic acids is 1. The lowest BCUT2D eigenvalue weighted by Crippen LogP contribution is -2.47. The number of phenolic OH excluding ortho intramolecular Hbond substituents is 1. The van der Waals surface area contributed by atoms with Crippen molar-refractivity contribution in [3.05, 3.63) is 29.8 Å². The van der Waals surface area contributed by atoms with Gasteiger partial charge in [-0.25, -0.2) is 0 Å². The molecule has 5 nitrogen and oxygen atoms in total. The second kappa shape index (κ2) is 6.91. The Morgan fingerprint density at radius 1 is 1.24 bits per heavy atom. The van der Waals surface area contributed by atoms with Crippen molar-refractivity contribution in [1.29, 1.82) is 0 Å². The van der Waals surface area contributed by atoms with Crippen LogP contribution in [0.1, 0.15) is 16.8 Å². The summed E-state index contributed by atoms with van der Waals surface area (Å²) in [6.07, 6.45) is 0.952. The molecule has 1 aromatic carbocycles. The number of benzene rings is 1. The fourth-order valence-corrected chi connectivity index (χ4v) is 3.05. The van der Waals surface area contributed by atoms with Crippen LogP contribution >= 0.6 is 0 Å². The summed E-state index contributed by atoms with van der Waals surface area (Å²) in [6.45, 7) is 2.34. The van der Waals surface area contributed by atoms with Crippen molar-refractivity contribution < 1.29 is 15.0 Å². The van der Waals surface area contributed by atoms with Gasteiger partial charge in [-0.05, 0) is 56.6 Å². The molecule has 1 fully saturated rings. The van der Waals surface area contributed by atoms with Crippen molar-refractivity contribution in [2.45, 2.75) is 6.42 Å². The van der Waals surface area contributed by atoms with Crippen molar-refractivity contribution >= 4 is 5.91 Å². The summed E-state index contributed by atoms with van der Waals surface area (Å²) in [5.74, 6) is 0.651. The average molecular weight is 292 g/mol. The normalized spacial score (nSPS) is 22.6. The monoisotopic (exact) mass is 292 g/mol. The Morgan fingerprint density at radius 2 is 1.86 bits per heavy atom. The number of amides is 1. The van der Waals surface area contributed by atoms with E-state index >= 15 is 0 Å². The van der Waals surface area contributed by atoms with Gasteiger partial charge in [0.2, 0.25) is 0 Å². The van der Waals surface area contributed by atoms with E-state index in [1.807, 2.05) is 19.0 Å². The molecule has 0 aliphatic carbocycles. The largest absolute Gasteiger partial charge is 0.508 e. The van der Waals surface area contributed by atoms with E-state index in [2.05, 4.69) is 4.90 Å². The van der Waals surface area contributed by atoms with Crippen molar-refractivity contribution in [2.24, 2.45) is 11.8 Å². The number of aliphatic hydroxyl groups is 1. The van der Waals surface area contributed by atoms with Crippen molar-refractivity contribution in [1.82, 2.24) is 9.80 Å². The lowest BCUT2D eigenvalue weighted by molar-refractivity contribution is 0.0477. The zero-order chi connectivity index (χ0) is 15.4. The summed E-state index contributed by atoms with van der Waals surface area (Å²) in [4.78, 5) is 16.5. The topological polar surface area (TPSA) is 64.0 Å². The molecule has 1 saturated heterocycles. The number of hydrogen-bond acceptors (Lipinski definition) is 4. The first-order valence-corrected chi connectivity index (χ1v) is 7.33. The number of piperidine rings is 1. The van der Waals surface area contributed by atoms with E-state index in [4.69, 9.17) is 0 Å². The van der Waals surface area contributed by atoms with Crippen LogP contribution in [0.2, 0.25) is 0 Å². The molecule has 2 rings (SSSR count). The number of likely N-dealkylation sites (tertiary alicyclic amines) is 1. The number of phenols is 1. The Labute approximate surface area is 125 Å². The highest BCUT2D eigenvalue weighted by Gasteiger charge is 2.30. The molecular formula is C16H24N2O3. The Kier molecular flexibility index (Phi) is 5.20. The number of nitrogens with zero attached hydrogens (tertiary/aromatic N) is 2. The Bertz CT molecular complexity index is 473. The Morgan fingerprint density at radius 3 is 2.43 bits per heavy atom. The van der Waals surface area contributed by atoms with Gasteiger partial charge in [0.1, 0.15) is 5.75 Å². The molecule has 0 bridgehead atoms. The summed E-state index contributed by atoms with van der Waals surface area (Å²) in [7, 11) is 4.05. The van der Waals surface area contributed by atoms with E-state index in [0.717, 1.165) is 13.0 Å². The zero-order valence-corrected chi connectivity index (χ0v) is 12.7. The van der Waals surface area contributed by atoms with Crippen LogP contribution in [0.4, 0.5) is 0 Å². The number of rotatable bonds is 4. The highest BCUT2D eigenvalue weighted by atomic mass is 16.3. The van der Waals surface area contributed by atoms with Crippen LogP contribution in [0.25, 0.3) is 0 Å². The summed E-state index contributed by atoms with van der Waals surface area (Å²) < 4.78 is 0. The molecule has 2 atom stereocenters. The van der Waals surface area contributed by atoms with Gasteiger partial charge in [-0.1, -0.05) is 0 Å². The summed E-state index contributed by atoms with van der Waals surface area (Å²) in [5, 5.41) is 18.8. The molecule has 0 radical (unpaired) electrons. The minimum atomic E-state index is -0.0306. The van der Waals surface area contributed by atoms with E-state index in [1.54, 1.807) is 12.1 Å². The first-order valence-electron chi connectivity index (χ1n) is 7.33. The summed E-state index contributed by atoms with van der Waals surface area (Å²) >= 11 is 0. The highest BCUT2D eigenvalue weighted by molar-refractivity contribution is 5.94. The summed E-state index contributed by atoms with van der Waals surface area (Å²) in [5.41, 5.74) is 0.579. The molecule has 1 amide bonds. The van der Waals surface area contributed by atoms with Crippen LogP contribution in [0.5, 0.6) is 5.75 Å². The summed E-state index contributed by atoms with van der Waals surface area (Å²) in [6, 6.07) is 6.33. The Hall–Kier alpha value is -1.59. The smallest absolute Gasteiger partial charge is 0.253 e. The van der Waals surface area contributed by atoms with Crippen LogP contribution in [0.3, 0.4) is 0 Å². The van der Waals surface area contributed by atoms with Gasteiger partial charge >= 0.3 is 0 Å². The molecule has 5 heteroatoms. The zero-order valence-electron chi connectivity index (χ0n) is 12.7. The average Bonchev–Trinajstić information content (AvgIpc) is 2.46. The third-order valence-electron chi connectivity index (χ3n) is 3.91. The standard InChI is InChI=1S/C16H24N2O3/c1-17(2)8-12-7-13(11-19)10-18(9-12)16(21)14-3-5-15(20)6-4-14/h3-6,12-13,19-20H,7-11H2,1-2H3/t12-,13+/m1/s1. The van der Waals surface area contributed by atoms with Gasteiger partial charge < -0.3 is 20.0 Å². The van der Waals surface area contributed by atoms with Crippen LogP contribution in [0, 0.1) is 11.8 Å². The molecular weight excluding hydrogens is 268 g/mol. The minimum absolute atomic E-state index is 0.0306. The Balaban J connectivity index is 2.09. The molecule has 116 valence electrons. The molecule has 0 aromatic heterocycles. The first-order chi connectivity index (χ1) is 9.99. The van der Waals surface area contributed by atoms with Gasteiger partial charge in [0, 0.05) is 31.8 Å². The van der Waals surface area contributed by atoms with Crippen molar-refractivity contribution in [3.8, 4) is 5.75 Å². The molecule has 1 heterocycles. The van der Waals surface area contributed by atoms with Crippen LogP contribution in [0.15, 0.2) is 24.3 Å². The van der Waals surface area contributed by atoms with Gasteiger partial charge in [0.25, 0.3) is 5.91 Å². The quantitative estimate of drug-likeness (QED) is 0.870. The maximum Gasteiger partial charge on any atom is 0.253 e. The minimum Gasteiger partial charge on any atom is -0.508 e. The first kappa shape index (κ1) is 15.8. The maximum atomic E-state index is 12.6. The SMILES string of the molecule is CN(C)C[C@H]1C[C@H](CO)CN(C(=O)c2ccc(O)cc2)C1. The maximum absolute atomic E-state index is 12.6. The van der Waals surface area contributed by atoms with Crippen molar-refractivity contribution in [2.75, 3.05) is 40.3 Å². The molecule has 0 spiro atoms. The number of hydrogen-bond donors (Lipinski definition) is 2. The molecule has 1 aliphatic heterocycles. The van der Waals surface area contributed by atoms with Gasteiger partial charge in [-0.3, -0.25) is 4.79 Å². The molecule has 1 aliphatic rings. The number of aromatic hydroxyl groups is 1. The van der Waals surface area contributed by atoms with Gasteiger partial charge in [-0.15, -0.1) is 0 Å². The third-order valence-corrected chi connectivity index (χ3v) is 3.91. The van der Waals surface area contributed by atoms with E-state index in [-0.39, 0.29) is 24.2 Å². The van der Waals surface area contributed by atoms with Crippen LogP contribution in [-0.4, -0.2) is 66.3 Å². The molecule has 2 N–H and O–H groups in total.